The van der Waals surface area contributed by atoms with Gasteiger partial charge in [-0.05, 0) is 25.1 Å². The first-order chi connectivity index (χ1) is 9.26. The van der Waals surface area contributed by atoms with E-state index in [9.17, 15) is 5.11 Å². The van der Waals surface area contributed by atoms with Gasteiger partial charge in [-0.3, -0.25) is 0 Å². The van der Waals surface area contributed by atoms with E-state index in [-0.39, 0.29) is 12.4 Å². The minimum atomic E-state index is -2.09. The quantitative estimate of drug-likeness (QED) is 0.427. The summed E-state index contributed by atoms with van der Waals surface area (Å²) in [4.78, 5) is 9.86. The molecule has 0 aliphatic heterocycles. The first-order valence-corrected chi connectivity index (χ1v) is 8.10. The van der Waals surface area contributed by atoms with E-state index in [0.717, 1.165) is 16.3 Å². The summed E-state index contributed by atoms with van der Waals surface area (Å²) < 4.78 is 0. The van der Waals surface area contributed by atoms with Crippen LogP contribution in [-0.4, -0.2) is 25.9 Å². The lowest BCUT2D eigenvalue weighted by Crippen LogP contribution is -3.00. The standard InChI is InChI=1S/C14H17N3OP.ClH/c1-11(18)19(12-5-2-8-15-12,13-6-3-9-16-13)14-7-4-10-17-14;/h2-11,15-18H,1H3;1H/q+1;/p-1. The largest absolute Gasteiger partial charge is 1.00 e. The van der Waals surface area contributed by atoms with Crippen molar-refractivity contribution in [1.29, 1.82) is 0 Å². The number of nitrogens with one attached hydrogen (secondary N) is 3. The van der Waals surface area contributed by atoms with Crippen molar-refractivity contribution < 1.29 is 17.5 Å². The van der Waals surface area contributed by atoms with E-state index in [4.69, 9.17) is 0 Å². The van der Waals surface area contributed by atoms with Gasteiger partial charge < -0.3 is 32.5 Å². The van der Waals surface area contributed by atoms with Gasteiger partial charge in [-0.1, -0.05) is 0 Å². The maximum Gasteiger partial charge on any atom is 0.193 e. The normalized spacial score (nSPS) is 12.9. The number of aliphatic hydroxyl groups is 1. The molecule has 3 rings (SSSR count). The Hall–Kier alpha value is -1.48. The Bertz CT molecular complexity index is 533. The van der Waals surface area contributed by atoms with Crippen LogP contribution in [0.3, 0.4) is 0 Å². The zero-order valence-electron chi connectivity index (χ0n) is 11.0. The molecule has 3 aromatic rings. The molecule has 0 fully saturated rings. The van der Waals surface area contributed by atoms with Gasteiger partial charge in [0.25, 0.3) is 0 Å². The van der Waals surface area contributed by atoms with E-state index in [1.54, 1.807) is 0 Å². The van der Waals surface area contributed by atoms with E-state index < -0.39 is 13.1 Å². The highest BCUT2D eigenvalue weighted by Gasteiger charge is 2.53. The molecule has 3 aromatic heterocycles. The lowest BCUT2D eigenvalue weighted by molar-refractivity contribution is -0.00000537. The second-order valence-corrected chi connectivity index (χ2v) is 8.16. The Morgan fingerprint density at radius 2 is 1.20 bits per heavy atom. The first-order valence-electron chi connectivity index (χ1n) is 6.25. The van der Waals surface area contributed by atoms with E-state index >= 15 is 0 Å². The van der Waals surface area contributed by atoms with Crippen molar-refractivity contribution in [1.82, 2.24) is 15.0 Å². The third kappa shape index (κ3) is 2.10. The second kappa shape index (κ2) is 5.88. The van der Waals surface area contributed by atoms with Crippen LogP contribution in [0, 0.1) is 0 Å². The number of halogens is 1. The molecule has 0 saturated carbocycles. The third-order valence-electron chi connectivity index (χ3n) is 3.45. The molecule has 4 nitrogen and oxygen atoms in total. The molecular weight excluding hydrogens is 293 g/mol. The highest BCUT2D eigenvalue weighted by Crippen LogP contribution is 2.57. The molecule has 0 saturated heterocycles. The van der Waals surface area contributed by atoms with Gasteiger partial charge in [0.2, 0.25) is 0 Å². The summed E-state index contributed by atoms with van der Waals surface area (Å²) in [6.45, 7) is 1.86. The molecule has 0 spiro atoms. The Morgan fingerprint density at radius 3 is 1.40 bits per heavy atom. The summed E-state index contributed by atoms with van der Waals surface area (Å²) in [6.07, 6.45) is 5.70. The zero-order valence-corrected chi connectivity index (χ0v) is 12.7. The lowest BCUT2D eigenvalue weighted by Gasteiger charge is -2.25. The summed E-state index contributed by atoms with van der Waals surface area (Å²) >= 11 is 0. The maximum atomic E-state index is 10.6. The summed E-state index contributed by atoms with van der Waals surface area (Å²) in [7, 11) is -2.09. The van der Waals surface area contributed by atoms with Crippen LogP contribution in [0.5, 0.6) is 0 Å². The van der Waals surface area contributed by atoms with Crippen LogP contribution in [0.2, 0.25) is 0 Å². The van der Waals surface area contributed by atoms with Crippen LogP contribution in [0.1, 0.15) is 6.92 Å². The van der Waals surface area contributed by atoms with Gasteiger partial charge >= 0.3 is 0 Å². The van der Waals surface area contributed by atoms with Gasteiger partial charge in [-0.2, -0.15) is 0 Å². The van der Waals surface area contributed by atoms with Gasteiger partial charge in [0.1, 0.15) is 0 Å². The van der Waals surface area contributed by atoms with Crippen LogP contribution in [0.25, 0.3) is 0 Å². The van der Waals surface area contributed by atoms with E-state index in [1.807, 2.05) is 61.9 Å². The molecular formula is C14H17ClN3OP. The van der Waals surface area contributed by atoms with Crippen LogP contribution in [0.4, 0.5) is 0 Å². The Morgan fingerprint density at radius 1 is 0.850 bits per heavy atom. The molecule has 106 valence electrons. The number of hydrogen-bond donors (Lipinski definition) is 4. The highest BCUT2D eigenvalue weighted by atomic mass is 35.5. The van der Waals surface area contributed by atoms with Crippen molar-refractivity contribution in [3.63, 3.8) is 0 Å². The molecule has 0 aliphatic rings. The van der Waals surface area contributed by atoms with Crippen molar-refractivity contribution in [3.8, 4) is 0 Å². The number of aromatic nitrogens is 3. The molecule has 0 radical (unpaired) electrons. The zero-order chi connectivity index (χ0) is 13.3. The van der Waals surface area contributed by atoms with Gasteiger partial charge in [-0.25, -0.2) is 0 Å². The molecule has 1 atom stereocenters. The summed E-state index contributed by atoms with van der Waals surface area (Å²) in [5, 5.41) is 10.6. The smallest absolute Gasteiger partial charge is 0.193 e. The number of aliphatic hydroxyl groups excluding tert-OH is 1. The van der Waals surface area contributed by atoms with Crippen LogP contribution < -0.4 is 28.7 Å². The average Bonchev–Trinajstić information content (AvgIpc) is 3.15. The fraction of sp³-hybridized carbons (Fsp3) is 0.143. The van der Waals surface area contributed by atoms with Crippen LogP contribution in [0.15, 0.2) is 55.0 Å². The summed E-state index contributed by atoms with van der Waals surface area (Å²) in [5.41, 5.74) is 3.19. The van der Waals surface area contributed by atoms with E-state index in [0.29, 0.717) is 0 Å². The van der Waals surface area contributed by atoms with E-state index in [1.165, 1.54) is 0 Å². The van der Waals surface area contributed by atoms with Gasteiger partial charge in [0.05, 0.1) is 0 Å². The molecule has 0 amide bonds. The third-order valence-corrected chi connectivity index (χ3v) is 7.68. The fourth-order valence-corrected chi connectivity index (χ4v) is 6.40. The molecule has 0 aromatic carbocycles. The molecule has 20 heavy (non-hydrogen) atoms. The van der Waals surface area contributed by atoms with Gasteiger partial charge in [0.15, 0.2) is 29.4 Å². The SMILES string of the molecule is CC(O)[P+](c1ccc[nH]1)(c1ccc[nH]1)c1ccc[nH]1.[Cl-]. The molecule has 0 bridgehead atoms. The van der Waals surface area contributed by atoms with Crippen molar-refractivity contribution >= 4 is 23.6 Å². The van der Waals surface area contributed by atoms with Crippen molar-refractivity contribution in [2.75, 3.05) is 0 Å². The summed E-state index contributed by atoms with van der Waals surface area (Å²) in [6, 6.07) is 12.0. The van der Waals surface area contributed by atoms with Crippen molar-refractivity contribution in [2.45, 2.75) is 12.8 Å². The van der Waals surface area contributed by atoms with Crippen LogP contribution in [-0.2, 0) is 0 Å². The van der Waals surface area contributed by atoms with Crippen LogP contribution >= 0.6 is 7.26 Å². The minimum absolute atomic E-state index is 0. The second-order valence-electron chi connectivity index (χ2n) is 4.52. The number of aromatic amines is 3. The van der Waals surface area contributed by atoms with Gasteiger partial charge in [-0.15, -0.1) is 0 Å². The topological polar surface area (TPSA) is 67.6 Å². The molecule has 1 unspecified atom stereocenters. The predicted molar refractivity (Wildman–Crippen MR) is 79.9 cm³/mol. The monoisotopic (exact) mass is 309 g/mol. The lowest BCUT2D eigenvalue weighted by atomic mass is 10.7. The Kier molecular flexibility index (Phi) is 4.39. The first kappa shape index (κ1) is 14.9. The minimum Gasteiger partial charge on any atom is -1.00 e. The van der Waals surface area contributed by atoms with Gasteiger partial charge in [0, 0.05) is 36.8 Å². The Balaban J connectivity index is 0.00000147. The molecule has 6 heteroatoms. The molecule has 3 heterocycles. The maximum absolute atomic E-state index is 10.6. The predicted octanol–water partition coefficient (Wildman–Crippen LogP) is -1.69. The van der Waals surface area contributed by atoms with Crippen molar-refractivity contribution in [3.05, 3.63) is 55.0 Å². The van der Waals surface area contributed by atoms with Crippen molar-refractivity contribution in [2.24, 2.45) is 0 Å². The fourth-order valence-electron chi connectivity index (χ4n) is 2.61. The molecule has 0 aliphatic carbocycles. The highest BCUT2D eigenvalue weighted by molar-refractivity contribution is 7.95. The average molecular weight is 310 g/mol. The Labute approximate surface area is 124 Å². The molecule has 4 N–H and O–H groups in total. The summed E-state index contributed by atoms with van der Waals surface area (Å²) in [5.74, 6) is -0.483. The number of H-pyrrole nitrogens is 3. The van der Waals surface area contributed by atoms with E-state index in [2.05, 4.69) is 15.0 Å². The number of hydrogen-bond acceptors (Lipinski definition) is 1. The number of rotatable bonds is 4.